The van der Waals surface area contributed by atoms with E-state index in [1.54, 1.807) is 25.1 Å². The number of rotatable bonds is 3. The first-order valence-electron chi connectivity index (χ1n) is 9.58. The molecule has 0 spiro atoms. The topological polar surface area (TPSA) is 64.4 Å². The highest BCUT2D eigenvalue weighted by atomic mass is 16.2. The fraction of sp³-hybridized carbons (Fsp3) is 0.571. The monoisotopic (exact) mass is 353 g/mol. The zero-order chi connectivity index (χ0) is 18.7. The molecule has 2 aliphatic rings. The minimum Gasteiger partial charge on any atom is -0.371 e. The Morgan fingerprint density at radius 3 is 2.50 bits per heavy atom. The zero-order valence-electron chi connectivity index (χ0n) is 15.7. The minimum absolute atomic E-state index is 0.00462. The van der Waals surface area contributed by atoms with Gasteiger partial charge in [0.25, 0.3) is 0 Å². The van der Waals surface area contributed by atoms with Crippen LogP contribution in [0.5, 0.6) is 0 Å². The van der Waals surface area contributed by atoms with E-state index < -0.39 is 0 Å². The molecule has 1 amide bonds. The molecule has 3 rings (SSSR count). The Kier molecular flexibility index (Phi) is 5.61. The van der Waals surface area contributed by atoms with Crippen molar-refractivity contribution in [2.45, 2.75) is 39.5 Å². The molecule has 5 nitrogen and oxygen atoms in total. The van der Waals surface area contributed by atoms with E-state index in [0.717, 1.165) is 51.1 Å². The fourth-order valence-electron chi connectivity index (χ4n) is 4.18. The molecule has 0 aliphatic carbocycles. The number of benzene rings is 1. The second kappa shape index (κ2) is 7.90. The van der Waals surface area contributed by atoms with Crippen molar-refractivity contribution in [3.63, 3.8) is 0 Å². The van der Waals surface area contributed by atoms with Crippen molar-refractivity contribution in [1.29, 1.82) is 5.26 Å². The Morgan fingerprint density at radius 2 is 1.88 bits per heavy atom. The van der Waals surface area contributed by atoms with Gasteiger partial charge in [-0.1, -0.05) is 6.92 Å². The highest BCUT2D eigenvalue weighted by molar-refractivity contribution is 6.00. The van der Waals surface area contributed by atoms with Crippen LogP contribution in [-0.4, -0.2) is 42.8 Å². The van der Waals surface area contributed by atoms with Crippen LogP contribution >= 0.6 is 0 Å². The van der Waals surface area contributed by atoms with Gasteiger partial charge in [0.1, 0.15) is 0 Å². The van der Waals surface area contributed by atoms with Gasteiger partial charge >= 0.3 is 0 Å². The molecule has 1 unspecified atom stereocenters. The number of amides is 1. The van der Waals surface area contributed by atoms with Gasteiger partial charge < -0.3 is 9.80 Å². The van der Waals surface area contributed by atoms with Crippen LogP contribution in [0.1, 0.15) is 55.5 Å². The molecule has 0 N–H and O–H groups in total. The first-order valence-corrected chi connectivity index (χ1v) is 9.58. The summed E-state index contributed by atoms with van der Waals surface area (Å²) in [5, 5.41) is 9.17. The van der Waals surface area contributed by atoms with Crippen molar-refractivity contribution >= 4 is 17.4 Å². The summed E-state index contributed by atoms with van der Waals surface area (Å²) in [5.41, 5.74) is 2.04. The van der Waals surface area contributed by atoms with Crippen molar-refractivity contribution in [2.75, 3.05) is 31.1 Å². The lowest BCUT2D eigenvalue weighted by Crippen LogP contribution is -2.46. The standard InChI is InChI=1S/C21H27N3O2/c1-15-4-3-9-24(14-15)21(26)18-7-10-23(11-8-18)20-12-17(13-22)5-6-19(20)16(2)25/h5-6,12,15,18H,3-4,7-11,14H2,1-2H3. The van der Waals surface area contributed by atoms with Crippen LogP contribution in [0, 0.1) is 23.2 Å². The van der Waals surface area contributed by atoms with E-state index in [-0.39, 0.29) is 11.7 Å². The van der Waals surface area contributed by atoms with Gasteiger partial charge in [-0.2, -0.15) is 5.26 Å². The summed E-state index contributed by atoms with van der Waals surface area (Å²) in [6, 6.07) is 7.37. The summed E-state index contributed by atoms with van der Waals surface area (Å²) >= 11 is 0. The Bertz CT molecular complexity index is 729. The molecule has 0 saturated carbocycles. The molecule has 26 heavy (non-hydrogen) atoms. The Labute approximate surface area is 155 Å². The quantitative estimate of drug-likeness (QED) is 0.783. The van der Waals surface area contributed by atoms with E-state index in [4.69, 9.17) is 5.26 Å². The third-order valence-electron chi connectivity index (χ3n) is 5.66. The molecule has 2 fully saturated rings. The number of hydrogen-bond donors (Lipinski definition) is 0. The smallest absolute Gasteiger partial charge is 0.225 e. The van der Waals surface area contributed by atoms with Gasteiger partial charge in [0.15, 0.2) is 5.78 Å². The molecule has 0 radical (unpaired) electrons. The number of likely N-dealkylation sites (tertiary alicyclic amines) is 1. The minimum atomic E-state index is 0.00462. The van der Waals surface area contributed by atoms with Gasteiger partial charge in [-0.25, -0.2) is 0 Å². The van der Waals surface area contributed by atoms with Gasteiger partial charge in [-0.05, 0) is 56.7 Å². The SMILES string of the molecule is CC(=O)c1ccc(C#N)cc1N1CCC(C(=O)N2CCCC(C)C2)CC1. The normalized spacial score (nSPS) is 21.3. The predicted molar refractivity (Wildman–Crippen MR) is 101 cm³/mol. The first-order chi connectivity index (χ1) is 12.5. The summed E-state index contributed by atoms with van der Waals surface area (Å²) in [5.74, 6) is 0.981. The van der Waals surface area contributed by atoms with Crippen LogP contribution in [0.4, 0.5) is 5.69 Å². The number of nitriles is 1. The van der Waals surface area contributed by atoms with Crippen LogP contribution in [-0.2, 0) is 4.79 Å². The van der Waals surface area contributed by atoms with Crippen LogP contribution in [0.2, 0.25) is 0 Å². The van der Waals surface area contributed by atoms with E-state index in [1.807, 2.05) is 4.90 Å². The van der Waals surface area contributed by atoms with E-state index >= 15 is 0 Å². The Balaban J connectivity index is 1.68. The van der Waals surface area contributed by atoms with Gasteiger partial charge in [-0.15, -0.1) is 0 Å². The highest BCUT2D eigenvalue weighted by Gasteiger charge is 2.31. The summed E-state index contributed by atoms with van der Waals surface area (Å²) in [4.78, 5) is 29.0. The molecular formula is C21H27N3O2. The lowest BCUT2D eigenvalue weighted by atomic mass is 9.92. The molecule has 1 aromatic rings. The van der Waals surface area contributed by atoms with Crippen molar-refractivity contribution in [2.24, 2.45) is 11.8 Å². The first kappa shape index (κ1) is 18.4. The van der Waals surface area contributed by atoms with Gasteiger partial charge in [0, 0.05) is 43.3 Å². The maximum absolute atomic E-state index is 12.8. The zero-order valence-corrected chi connectivity index (χ0v) is 15.7. The lowest BCUT2D eigenvalue weighted by molar-refractivity contribution is -0.137. The molecule has 0 bridgehead atoms. The van der Waals surface area contributed by atoms with Crippen molar-refractivity contribution in [1.82, 2.24) is 4.90 Å². The highest BCUT2D eigenvalue weighted by Crippen LogP contribution is 2.29. The second-order valence-electron chi connectivity index (χ2n) is 7.69. The molecule has 5 heteroatoms. The summed E-state index contributed by atoms with van der Waals surface area (Å²) in [6.45, 7) is 7.04. The van der Waals surface area contributed by atoms with Crippen LogP contribution in [0.3, 0.4) is 0 Å². The molecule has 1 atom stereocenters. The molecule has 2 aliphatic heterocycles. The Hall–Kier alpha value is -2.35. The maximum Gasteiger partial charge on any atom is 0.225 e. The summed E-state index contributed by atoms with van der Waals surface area (Å²) in [7, 11) is 0. The molecule has 0 aromatic heterocycles. The average Bonchev–Trinajstić information content (AvgIpc) is 2.67. The molecular weight excluding hydrogens is 326 g/mol. The van der Waals surface area contributed by atoms with Crippen LogP contribution in [0.15, 0.2) is 18.2 Å². The molecule has 138 valence electrons. The van der Waals surface area contributed by atoms with E-state index in [1.165, 1.54) is 6.42 Å². The molecule has 2 heterocycles. The van der Waals surface area contributed by atoms with Gasteiger partial charge in [-0.3, -0.25) is 9.59 Å². The number of ketones is 1. The predicted octanol–water partition coefficient (Wildman–Crippen LogP) is 3.24. The van der Waals surface area contributed by atoms with Crippen LogP contribution in [0.25, 0.3) is 0 Å². The Morgan fingerprint density at radius 1 is 1.15 bits per heavy atom. The summed E-state index contributed by atoms with van der Waals surface area (Å²) in [6.07, 6.45) is 3.93. The second-order valence-corrected chi connectivity index (χ2v) is 7.69. The van der Waals surface area contributed by atoms with E-state index in [0.29, 0.717) is 23.0 Å². The number of hydrogen-bond acceptors (Lipinski definition) is 4. The number of carbonyl (C=O) groups excluding carboxylic acids is 2. The number of piperidine rings is 2. The van der Waals surface area contributed by atoms with E-state index in [9.17, 15) is 9.59 Å². The molecule has 1 aromatic carbocycles. The van der Waals surface area contributed by atoms with Crippen molar-refractivity contribution in [3.8, 4) is 6.07 Å². The van der Waals surface area contributed by atoms with Gasteiger partial charge in [0.05, 0.1) is 11.6 Å². The number of anilines is 1. The number of Topliss-reactive ketones (excluding diaryl/α,β-unsaturated/α-hetero) is 1. The van der Waals surface area contributed by atoms with E-state index in [2.05, 4.69) is 17.9 Å². The summed E-state index contributed by atoms with van der Waals surface area (Å²) < 4.78 is 0. The van der Waals surface area contributed by atoms with Crippen LogP contribution < -0.4 is 4.90 Å². The maximum atomic E-state index is 12.8. The fourth-order valence-corrected chi connectivity index (χ4v) is 4.18. The molecule has 2 saturated heterocycles. The third-order valence-corrected chi connectivity index (χ3v) is 5.66. The number of carbonyl (C=O) groups is 2. The van der Waals surface area contributed by atoms with Gasteiger partial charge in [0.2, 0.25) is 5.91 Å². The van der Waals surface area contributed by atoms with Crippen molar-refractivity contribution < 1.29 is 9.59 Å². The van der Waals surface area contributed by atoms with Crippen molar-refractivity contribution in [3.05, 3.63) is 29.3 Å². The number of nitrogens with zero attached hydrogens (tertiary/aromatic N) is 3. The lowest BCUT2D eigenvalue weighted by Gasteiger charge is -2.38. The third kappa shape index (κ3) is 3.90. The average molecular weight is 353 g/mol. The largest absolute Gasteiger partial charge is 0.371 e.